The maximum absolute atomic E-state index is 5.71. The highest BCUT2D eigenvalue weighted by Gasteiger charge is 2.15. The van der Waals surface area contributed by atoms with Gasteiger partial charge in [0.2, 0.25) is 0 Å². The van der Waals surface area contributed by atoms with Gasteiger partial charge in [-0.05, 0) is 32.1 Å². The Morgan fingerprint density at radius 1 is 1.32 bits per heavy atom. The number of halogens is 1. The standard InChI is InChI=1S/C15H17ClN4O2/c1-9-3-4-11(7-19-9)15-12(10(2)22-20-15)8-21-14(18)6-5-13(16)17/h3-7H,8,17-18H2,1-2H3/b13-5-,14-6+. The summed E-state index contributed by atoms with van der Waals surface area (Å²) in [5, 5.41) is 4.18. The Labute approximate surface area is 133 Å². The lowest BCUT2D eigenvalue weighted by atomic mass is 10.1. The van der Waals surface area contributed by atoms with Crippen molar-refractivity contribution in [3.8, 4) is 11.3 Å². The molecule has 0 spiro atoms. The quantitative estimate of drug-likeness (QED) is 0.499. The van der Waals surface area contributed by atoms with Crippen LogP contribution in [0.4, 0.5) is 0 Å². The Hall–Kier alpha value is -2.47. The van der Waals surface area contributed by atoms with E-state index in [1.54, 1.807) is 6.20 Å². The summed E-state index contributed by atoms with van der Waals surface area (Å²) in [6.07, 6.45) is 4.67. The fourth-order valence-electron chi connectivity index (χ4n) is 1.76. The molecule has 4 N–H and O–H groups in total. The lowest BCUT2D eigenvalue weighted by Crippen LogP contribution is -2.04. The zero-order chi connectivity index (χ0) is 16.1. The van der Waals surface area contributed by atoms with E-state index in [9.17, 15) is 0 Å². The van der Waals surface area contributed by atoms with Crippen LogP contribution in [-0.2, 0) is 11.3 Å². The van der Waals surface area contributed by atoms with Crippen LogP contribution in [0.25, 0.3) is 11.3 Å². The van der Waals surface area contributed by atoms with Crippen LogP contribution in [0.15, 0.2) is 46.0 Å². The number of allylic oxidation sites excluding steroid dienone is 2. The predicted molar refractivity (Wildman–Crippen MR) is 84.4 cm³/mol. The highest BCUT2D eigenvalue weighted by Crippen LogP contribution is 2.25. The summed E-state index contributed by atoms with van der Waals surface area (Å²) < 4.78 is 10.7. The molecule has 0 amide bonds. The van der Waals surface area contributed by atoms with Crippen molar-refractivity contribution in [2.24, 2.45) is 11.5 Å². The number of nitrogens with two attached hydrogens (primary N) is 2. The molecule has 0 aliphatic rings. The Balaban J connectivity index is 2.18. The van der Waals surface area contributed by atoms with E-state index in [0.29, 0.717) is 11.5 Å². The molecular formula is C15H17ClN4O2. The van der Waals surface area contributed by atoms with Crippen molar-refractivity contribution >= 4 is 11.6 Å². The van der Waals surface area contributed by atoms with E-state index in [2.05, 4.69) is 10.1 Å². The molecule has 0 unspecified atom stereocenters. The van der Waals surface area contributed by atoms with Gasteiger partial charge in [-0.2, -0.15) is 0 Å². The van der Waals surface area contributed by atoms with Gasteiger partial charge in [0.25, 0.3) is 0 Å². The van der Waals surface area contributed by atoms with E-state index in [0.717, 1.165) is 16.8 Å². The summed E-state index contributed by atoms with van der Waals surface area (Å²) in [5.41, 5.74) is 14.3. The second-order valence-corrected chi connectivity index (χ2v) is 5.10. The van der Waals surface area contributed by atoms with E-state index in [1.807, 2.05) is 26.0 Å². The number of aryl methyl sites for hydroxylation is 2. The number of hydrogen-bond acceptors (Lipinski definition) is 6. The van der Waals surface area contributed by atoms with Gasteiger partial charge in [0.1, 0.15) is 18.1 Å². The van der Waals surface area contributed by atoms with Crippen LogP contribution in [0.1, 0.15) is 17.0 Å². The van der Waals surface area contributed by atoms with Gasteiger partial charge in [0.15, 0.2) is 5.88 Å². The first-order valence-electron chi connectivity index (χ1n) is 6.56. The SMILES string of the molecule is Cc1ccc(-c2noc(C)c2CO/C(N)=C/C=C(\N)Cl)cn1. The fourth-order valence-corrected chi connectivity index (χ4v) is 1.82. The molecule has 116 valence electrons. The average molecular weight is 321 g/mol. The van der Waals surface area contributed by atoms with Crippen LogP contribution in [0.3, 0.4) is 0 Å². The molecule has 2 rings (SSSR count). The number of rotatable bonds is 5. The van der Waals surface area contributed by atoms with Gasteiger partial charge < -0.3 is 20.7 Å². The van der Waals surface area contributed by atoms with Crippen molar-refractivity contribution in [1.82, 2.24) is 10.1 Å². The zero-order valence-corrected chi connectivity index (χ0v) is 13.1. The molecule has 0 aromatic carbocycles. The Bertz CT molecular complexity index is 701. The first-order valence-corrected chi connectivity index (χ1v) is 6.94. The van der Waals surface area contributed by atoms with Gasteiger partial charge in [-0.25, -0.2) is 0 Å². The highest BCUT2D eigenvalue weighted by molar-refractivity contribution is 6.29. The van der Waals surface area contributed by atoms with E-state index < -0.39 is 0 Å². The van der Waals surface area contributed by atoms with Crippen molar-refractivity contribution < 1.29 is 9.26 Å². The van der Waals surface area contributed by atoms with E-state index in [-0.39, 0.29) is 17.6 Å². The van der Waals surface area contributed by atoms with Crippen molar-refractivity contribution in [3.63, 3.8) is 0 Å². The number of pyridine rings is 1. The zero-order valence-electron chi connectivity index (χ0n) is 12.3. The molecular weight excluding hydrogens is 304 g/mol. The van der Waals surface area contributed by atoms with Gasteiger partial charge in [-0.1, -0.05) is 16.8 Å². The second kappa shape index (κ2) is 7.00. The Kier molecular flexibility index (Phi) is 5.06. The smallest absolute Gasteiger partial charge is 0.184 e. The van der Waals surface area contributed by atoms with Gasteiger partial charge in [0.05, 0.1) is 10.7 Å². The molecule has 0 fully saturated rings. The summed E-state index contributed by atoms with van der Waals surface area (Å²) in [5.74, 6) is 0.855. The first-order chi connectivity index (χ1) is 10.5. The summed E-state index contributed by atoms with van der Waals surface area (Å²) in [6.45, 7) is 3.95. The first kappa shape index (κ1) is 15.9. The third kappa shape index (κ3) is 4.02. The largest absolute Gasteiger partial charge is 0.474 e. The van der Waals surface area contributed by atoms with Crippen LogP contribution >= 0.6 is 11.6 Å². The van der Waals surface area contributed by atoms with Crippen LogP contribution in [0.5, 0.6) is 0 Å². The van der Waals surface area contributed by atoms with Crippen LogP contribution in [-0.4, -0.2) is 10.1 Å². The molecule has 22 heavy (non-hydrogen) atoms. The third-order valence-corrected chi connectivity index (χ3v) is 3.09. The van der Waals surface area contributed by atoms with E-state index in [1.165, 1.54) is 12.2 Å². The summed E-state index contributed by atoms with van der Waals surface area (Å²) >= 11 is 5.52. The summed E-state index contributed by atoms with van der Waals surface area (Å²) in [4.78, 5) is 4.26. The van der Waals surface area contributed by atoms with Crippen molar-refractivity contribution in [3.05, 3.63) is 58.5 Å². The topological polar surface area (TPSA) is 100 Å². The maximum Gasteiger partial charge on any atom is 0.184 e. The summed E-state index contributed by atoms with van der Waals surface area (Å²) in [6, 6.07) is 3.84. The minimum atomic E-state index is 0.124. The maximum atomic E-state index is 5.71. The average Bonchev–Trinajstić information content (AvgIpc) is 2.85. The van der Waals surface area contributed by atoms with Crippen LogP contribution in [0.2, 0.25) is 0 Å². The third-order valence-electron chi connectivity index (χ3n) is 2.96. The van der Waals surface area contributed by atoms with Gasteiger partial charge in [-0.15, -0.1) is 0 Å². The van der Waals surface area contributed by atoms with Gasteiger partial charge >= 0.3 is 0 Å². The fraction of sp³-hybridized carbons (Fsp3) is 0.200. The molecule has 6 nitrogen and oxygen atoms in total. The predicted octanol–water partition coefficient (Wildman–Crippen LogP) is 2.71. The van der Waals surface area contributed by atoms with Crippen molar-refractivity contribution in [2.75, 3.05) is 0 Å². The summed E-state index contributed by atoms with van der Waals surface area (Å²) in [7, 11) is 0. The number of ether oxygens (including phenoxy) is 1. The monoisotopic (exact) mass is 320 g/mol. The molecule has 0 atom stereocenters. The van der Waals surface area contributed by atoms with Crippen molar-refractivity contribution in [2.45, 2.75) is 20.5 Å². The van der Waals surface area contributed by atoms with Gasteiger partial charge in [0, 0.05) is 23.5 Å². The highest BCUT2D eigenvalue weighted by atomic mass is 35.5. The number of aromatic nitrogens is 2. The van der Waals surface area contributed by atoms with Crippen LogP contribution < -0.4 is 11.5 Å². The molecule has 2 aromatic heterocycles. The lowest BCUT2D eigenvalue weighted by Gasteiger charge is -2.06. The lowest BCUT2D eigenvalue weighted by molar-refractivity contribution is 0.195. The molecule has 2 heterocycles. The Morgan fingerprint density at radius 2 is 2.09 bits per heavy atom. The van der Waals surface area contributed by atoms with E-state index in [4.69, 9.17) is 32.3 Å². The molecule has 0 bridgehead atoms. The van der Waals surface area contributed by atoms with Crippen molar-refractivity contribution in [1.29, 1.82) is 0 Å². The second-order valence-electron chi connectivity index (χ2n) is 4.66. The van der Waals surface area contributed by atoms with Gasteiger partial charge in [-0.3, -0.25) is 4.98 Å². The molecule has 0 aliphatic heterocycles. The number of nitrogens with zero attached hydrogens (tertiary/aromatic N) is 2. The molecule has 0 radical (unpaired) electrons. The minimum Gasteiger partial charge on any atom is -0.474 e. The molecule has 0 aliphatic carbocycles. The Morgan fingerprint density at radius 3 is 2.73 bits per heavy atom. The molecule has 7 heteroatoms. The van der Waals surface area contributed by atoms with E-state index >= 15 is 0 Å². The normalized spacial score (nSPS) is 12.5. The number of hydrogen-bond donors (Lipinski definition) is 2. The molecule has 0 saturated heterocycles. The van der Waals surface area contributed by atoms with Crippen LogP contribution in [0, 0.1) is 13.8 Å². The minimum absolute atomic E-state index is 0.124. The molecule has 0 saturated carbocycles. The molecule has 2 aromatic rings.